The molecule has 0 amide bonds. The number of hydrogen-bond acceptors (Lipinski definition) is 4. The molecule has 0 atom stereocenters. The van der Waals surface area contributed by atoms with Crippen LogP contribution >= 0.6 is 69.9 Å². The Labute approximate surface area is 132 Å². The van der Waals surface area contributed by atoms with Crippen molar-refractivity contribution in [2.75, 3.05) is 10.8 Å². The Bertz CT molecular complexity index is 511. The largest absolute Gasteiger partial charge is 0.293 e. The number of Topliss-reactive ketones (excluding diaryl/α,β-unsaturated/α-hetero) is 1. The lowest BCUT2D eigenvalue weighted by molar-refractivity contribution is 0.101. The highest BCUT2D eigenvalue weighted by molar-refractivity contribution is 8.24. The third-order valence-electron chi connectivity index (χ3n) is 2.26. The van der Waals surface area contributed by atoms with E-state index in [4.69, 9.17) is 46.4 Å². The van der Waals surface area contributed by atoms with E-state index in [0.717, 1.165) is 11.8 Å². The lowest BCUT2D eigenvalue weighted by Gasteiger charge is -2.16. The van der Waals surface area contributed by atoms with E-state index in [1.54, 1.807) is 0 Å². The third-order valence-corrected chi connectivity index (χ3v) is 6.13. The Morgan fingerprint density at radius 3 is 2.00 bits per heavy atom. The molecular formula is C10H4Cl4O2S2. The molecule has 1 aliphatic rings. The number of fused-ring (bicyclic) bond motifs is 1. The van der Waals surface area contributed by atoms with Crippen molar-refractivity contribution in [2.45, 2.75) is 0 Å². The van der Waals surface area contributed by atoms with Crippen LogP contribution in [0.1, 0.15) is 20.7 Å². The molecule has 0 spiro atoms. The van der Waals surface area contributed by atoms with Gasteiger partial charge in [-0.2, -0.15) is 0 Å². The summed E-state index contributed by atoms with van der Waals surface area (Å²) >= 11 is 26.2. The predicted octanol–water partition coefficient (Wildman–Crippen LogP) is 5.06. The van der Waals surface area contributed by atoms with Gasteiger partial charge in [0.05, 0.1) is 37.0 Å². The summed E-state index contributed by atoms with van der Waals surface area (Å²) in [6.07, 6.45) is 0. The fourth-order valence-corrected chi connectivity index (χ4v) is 4.33. The number of carbonyl (C=O) groups is 2. The Kier molecular flexibility index (Phi) is 4.79. The SMILES string of the molecule is O=C1CSCSC(=O)c2c(Cl)c(Cl)c(Cl)c(Cl)c21. The van der Waals surface area contributed by atoms with E-state index >= 15 is 0 Å². The van der Waals surface area contributed by atoms with Crippen molar-refractivity contribution in [3.63, 3.8) is 0 Å². The van der Waals surface area contributed by atoms with Gasteiger partial charge in [-0.1, -0.05) is 58.2 Å². The summed E-state index contributed by atoms with van der Waals surface area (Å²) in [6, 6.07) is 0. The number of halogens is 4. The molecule has 1 aromatic rings. The molecule has 2 nitrogen and oxygen atoms in total. The monoisotopic (exact) mass is 360 g/mol. The zero-order valence-corrected chi connectivity index (χ0v) is 13.2. The number of benzene rings is 1. The van der Waals surface area contributed by atoms with Crippen LogP contribution in [-0.2, 0) is 0 Å². The number of rotatable bonds is 0. The van der Waals surface area contributed by atoms with Crippen LogP contribution in [0.3, 0.4) is 0 Å². The Balaban J connectivity index is 2.81. The molecule has 0 aliphatic carbocycles. The van der Waals surface area contributed by atoms with Crippen molar-refractivity contribution >= 4 is 80.8 Å². The number of hydrogen-bond donors (Lipinski definition) is 0. The van der Waals surface area contributed by atoms with Crippen LogP contribution in [0.5, 0.6) is 0 Å². The van der Waals surface area contributed by atoms with E-state index in [0.29, 0.717) is 5.08 Å². The summed E-state index contributed by atoms with van der Waals surface area (Å²) in [5.41, 5.74) is 0.132. The van der Waals surface area contributed by atoms with Crippen LogP contribution in [0.25, 0.3) is 0 Å². The molecule has 8 heteroatoms. The van der Waals surface area contributed by atoms with Gasteiger partial charge in [-0.25, -0.2) is 0 Å². The highest BCUT2D eigenvalue weighted by atomic mass is 35.5. The van der Waals surface area contributed by atoms with Crippen LogP contribution in [0.15, 0.2) is 0 Å². The minimum Gasteiger partial charge on any atom is -0.293 e. The first-order valence-corrected chi connectivity index (χ1v) is 8.24. The molecule has 0 radical (unpaired) electrons. The summed E-state index contributed by atoms with van der Waals surface area (Å²) in [5, 5.41) is 0.131. The molecule has 0 saturated heterocycles. The molecule has 0 saturated carbocycles. The fourth-order valence-electron chi connectivity index (χ4n) is 1.46. The molecule has 0 bridgehead atoms. The minimum atomic E-state index is -0.323. The van der Waals surface area contributed by atoms with Crippen molar-refractivity contribution in [3.05, 3.63) is 31.2 Å². The highest BCUT2D eigenvalue weighted by Crippen LogP contribution is 2.44. The first kappa shape index (κ1) is 14.8. The molecule has 96 valence electrons. The Morgan fingerprint density at radius 1 is 0.833 bits per heavy atom. The standard InChI is InChI=1S/C10H4Cl4O2S2/c11-6-4-3(15)1-17-2-18-10(16)5(4)7(12)9(14)8(6)13/h1-2H2. The van der Waals surface area contributed by atoms with Gasteiger partial charge in [-0.15, -0.1) is 11.8 Å². The molecule has 1 aliphatic heterocycles. The maximum atomic E-state index is 12.0. The highest BCUT2D eigenvalue weighted by Gasteiger charge is 2.30. The van der Waals surface area contributed by atoms with E-state index < -0.39 is 0 Å². The van der Waals surface area contributed by atoms with Gasteiger partial charge in [-0.05, 0) is 0 Å². The van der Waals surface area contributed by atoms with Gasteiger partial charge in [0.25, 0.3) is 0 Å². The van der Waals surface area contributed by atoms with Crippen LogP contribution in [0.2, 0.25) is 20.1 Å². The van der Waals surface area contributed by atoms with E-state index in [9.17, 15) is 9.59 Å². The maximum Gasteiger partial charge on any atom is 0.222 e. The van der Waals surface area contributed by atoms with Gasteiger partial charge in [0.2, 0.25) is 5.12 Å². The van der Waals surface area contributed by atoms with Gasteiger partial charge < -0.3 is 0 Å². The van der Waals surface area contributed by atoms with Crippen LogP contribution in [0, 0.1) is 0 Å². The van der Waals surface area contributed by atoms with Crippen molar-refractivity contribution in [1.82, 2.24) is 0 Å². The zero-order chi connectivity index (χ0) is 13.4. The average molecular weight is 362 g/mol. The van der Waals surface area contributed by atoms with Gasteiger partial charge in [0, 0.05) is 5.08 Å². The predicted molar refractivity (Wildman–Crippen MR) is 80.1 cm³/mol. The second kappa shape index (κ2) is 5.81. The molecule has 18 heavy (non-hydrogen) atoms. The molecule has 0 fully saturated rings. The lowest BCUT2D eigenvalue weighted by Crippen LogP contribution is -2.14. The topological polar surface area (TPSA) is 34.1 Å². The maximum absolute atomic E-state index is 12.0. The second-order valence-corrected chi connectivity index (χ2v) is 7.14. The lowest BCUT2D eigenvalue weighted by atomic mass is 10.0. The Hall–Kier alpha value is 0.420. The van der Waals surface area contributed by atoms with Crippen molar-refractivity contribution < 1.29 is 9.59 Å². The normalized spacial score (nSPS) is 16.2. The molecule has 0 N–H and O–H groups in total. The van der Waals surface area contributed by atoms with E-state index in [2.05, 4.69) is 0 Å². The molecule has 0 aromatic heterocycles. The Morgan fingerprint density at radius 2 is 1.39 bits per heavy atom. The van der Waals surface area contributed by atoms with Crippen molar-refractivity contribution in [3.8, 4) is 0 Å². The summed E-state index contributed by atoms with van der Waals surface area (Å²) < 4.78 is 0. The summed E-state index contributed by atoms with van der Waals surface area (Å²) in [5.74, 6) is -0.0458. The van der Waals surface area contributed by atoms with Gasteiger partial charge in [-0.3, -0.25) is 9.59 Å². The van der Waals surface area contributed by atoms with Gasteiger partial charge in [0.1, 0.15) is 0 Å². The zero-order valence-electron chi connectivity index (χ0n) is 8.56. The molecule has 0 unspecified atom stereocenters. The average Bonchev–Trinajstić information content (AvgIpc) is 2.33. The second-order valence-electron chi connectivity index (χ2n) is 3.33. The van der Waals surface area contributed by atoms with E-state index in [-0.39, 0.29) is 47.9 Å². The fraction of sp³-hybridized carbons (Fsp3) is 0.200. The number of ketones is 1. The van der Waals surface area contributed by atoms with Gasteiger partial charge in [0.15, 0.2) is 5.78 Å². The molecule has 2 rings (SSSR count). The molecule has 1 aromatic carbocycles. The molecular weight excluding hydrogens is 358 g/mol. The summed E-state index contributed by atoms with van der Waals surface area (Å²) in [6.45, 7) is 0. The smallest absolute Gasteiger partial charge is 0.222 e. The summed E-state index contributed by atoms with van der Waals surface area (Å²) in [7, 11) is 0. The molecule has 1 heterocycles. The van der Waals surface area contributed by atoms with Crippen molar-refractivity contribution in [1.29, 1.82) is 0 Å². The third kappa shape index (κ3) is 2.51. The number of carbonyl (C=O) groups excluding carboxylic acids is 2. The van der Waals surface area contributed by atoms with Crippen LogP contribution < -0.4 is 0 Å². The first-order chi connectivity index (χ1) is 8.45. The van der Waals surface area contributed by atoms with E-state index in [1.165, 1.54) is 11.8 Å². The first-order valence-electron chi connectivity index (χ1n) is 4.59. The summed E-state index contributed by atoms with van der Waals surface area (Å²) in [4.78, 5) is 24.0. The minimum absolute atomic E-state index is 0.00110. The number of thioether (sulfide) groups is 2. The van der Waals surface area contributed by atoms with Crippen molar-refractivity contribution in [2.24, 2.45) is 0 Å². The van der Waals surface area contributed by atoms with Crippen LogP contribution in [-0.4, -0.2) is 21.7 Å². The van der Waals surface area contributed by atoms with Gasteiger partial charge >= 0.3 is 0 Å². The van der Waals surface area contributed by atoms with E-state index in [1.807, 2.05) is 0 Å². The van der Waals surface area contributed by atoms with Crippen LogP contribution in [0.4, 0.5) is 0 Å². The quantitative estimate of drug-likeness (QED) is 0.477.